The van der Waals surface area contributed by atoms with Crippen molar-refractivity contribution in [2.24, 2.45) is 5.73 Å². The average Bonchev–Trinajstić information content (AvgIpc) is 2.74. The Balaban J connectivity index is 1.83. The Labute approximate surface area is 118 Å². The Morgan fingerprint density at radius 2 is 2.15 bits per heavy atom. The van der Waals surface area contributed by atoms with E-state index in [4.69, 9.17) is 15.2 Å². The molecule has 1 saturated heterocycles. The second-order valence-corrected chi connectivity index (χ2v) is 5.84. The van der Waals surface area contributed by atoms with Crippen molar-refractivity contribution in [3.63, 3.8) is 0 Å². The molecule has 1 aromatic rings. The van der Waals surface area contributed by atoms with Crippen LogP contribution in [-0.2, 0) is 20.7 Å². The average molecular weight is 276 g/mol. The van der Waals surface area contributed by atoms with Crippen LogP contribution < -0.4 is 10.6 Å². The molecule has 5 nitrogen and oxygen atoms in total. The van der Waals surface area contributed by atoms with Crippen LogP contribution in [0.5, 0.6) is 0 Å². The Morgan fingerprint density at radius 3 is 2.85 bits per heavy atom. The zero-order chi connectivity index (χ0) is 14.3. The van der Waals surface area contributed by atoms with Crippen molar-refractivity contribution in [3.8, 4) is 0 Å². The summed E-state index contributed by atoms with van der Waals surface area (Å²) in [5.74, 6) is -0.623. The van der Waals surface area contributed by atoms with Gasteiger partial charge in [-0.3, -0.25) is 4.79 Å². The number of carbonyl (C=O) groups excluding carboxylic acids is 1. The van der Waals surface area contributed by atoms with E-state index in [1.54, 1.807) is 4.90 Å². The first-order valence-electron chi connectivity index (χ1n) is 6.93. The Morgan fingerprint density at radius 1 is 1.40 bits per heavy atom. The van der Waals surface area contributed by atoms with Crippen molar-refractivity contribution in [3.05, 3.63) is 29.8 Å². The maximum Gasteiger partial charge on any atom is 0.244 e. The molecule has 2 N–H and O–H groups in total. The summed E-state index contributed by atoms with van der Waals surface area (Å²) in [4.78, 5) is 14.1. The molecule has 0 saturated carbocycles. The van der Waals surface area contributed by atoms with Crippen LogP contribution in [0, 0.1) is 0 Å². The molecule has 20 heavy (non-hydrogen) atoms. The van der Waals surface area contributed by atoms with Gasteiger partial charge in [-0.05, 0) is 31.9 Å². The first-order chi connectivity index (χ1) is 9.46. The van der Waals surface area contributed by atoms with E-state index in [9.17, 15) is 4.79 Å². The number of hydrogen-bond donors (Lipinski definition) is 1. The van der Waals surface area contributed by atoms with Crippen LogP contribution in [0.1, 0.15) is 19.4 Å². The zero-order valence-corrected chi connectivity index (χ0v) is 11.8. The summed E-state index contributed by atoms with van der Waals surface area (Å²) in [6.45, 7) is 4.73. The third-order valence-corrected chi connectivity index (χ3v) is 3.76. The van der Waals surface area contributed by atoms with E-state index in [1.807, 2.05) is 38.1 Å². The quantitative estimate of drug-likeness (QED) is 0.877. The van der Waals surface area contributed by atoms with Crippen molar-refractivity contribution < 1.29 is 14.3 Å². The Kier molecular flexibility index (Phi) is 3.28. The molecule has 0 radical (unpaired) electrons. The normalized spacial score (nSPS) is 28.6. The highest BCUT2D eigenvalue weighted by molar-refractivity contribution is 6.00. The van der Waals surface area contributed by atoms with E-state index in [1.165, 1.54) is 0 Å². The fraction of sp³-hybridized carbons (Fsp3) is 0.533. The van der Waals surface area contributed by atoms with Crippen LogP contribution in [0.3, 0.4) is 0 Å². The number of rotatable bonds is 2. The SMILES string of the molecule is CC1(C)OCC(CN2C(=O)C(N)Cc3ccccc32)O1. The Hall–Kier alpha value is -1.43. The van der Waals surface area contributed by atoms with Crippen LogP contribution in [0.4, 0.5) is 5.69 Å². The van der Waals surface area contributed by atoms with Gasteiger partial charge in [0.05, 0.1) is 19.2 Å². The molecule has 2 heterocycles. The van der Waals surface area contributed by atoms with Crippen molar-refractivity contribution in [2.45, 2.75) is 38.2 Å². The topological polar surface area (TPSA) is 64.8 Å². The molecule has 108 valence electrons. The second-order valence-electron chi connectivity index (χ2n) is 5.84. The summed E-state index contributed by atoms with van der Waals surface area (Å²) in [7, 11) is 0. The molecular formula is C15H20N2O3. The molecule has 0 aliphatic carbocycles. The van der Waals surface area contributed by atoms with Gasteiger partial charge in [-0.15, -0.1) is 0 Å². The number of ether oxygens (including phenoxy) is 2. The molecule has 0 bridgehead atoms. The minimum Gasteiger partial charge on any atom is -0.348 e. The van der Waals surface area contributed by atoms with E-state index in [-0.39, 0.29) is 12.0 Å². The molecule has 2 unspecified atom stereocenters. The molecule has 2 aliphatic heterocycles. The van der Waals surface area contributed by atoms with Crippen LogP contribution in [0.15, 0.2) is 24.3 Å². The lowest BCUT2D eigenvalue weighted by atomic mass is 9.97. The van der Waals surface area contributed by atoms with E-state index in [2.05, 4.69) is 0 Å². The highest BCUT2D eigenvalue weighted by Gasteiger charge is 2.37. The molecule has 5 heteroatoms. The van der Waals surface area contributed by atoms with Crippen LogP contribution in [0.25, 0.3) is 0 Å². The molecule has 1 amide bonds. The number of nitrogens with two attached hydrogens (primary N) is 1. The Bertz CT molecular complexity index is 530. The lowest BCUT2D eigenvalue weighted by molar-refractivity contribution is -0.138. The summed E-state index contributed by atoms with van der Waals surface area (Å²) in [6.07, 6.45) is 0.478. The number of fused-ring (bicyclic) bond motifs is 1. The van der Waals surface area contributed by atoms with E-state index >= 15 is 0 Å². The number of carbonyl (C=O) groups is 1. The lowest BCUT2D eigenvalue weighted by Gasteiger charge is -2.34. The van der Waals surface area contributed by atoms with Gasteiger partial charge in [0.25, 0.3) is 0 Å². The summed E-state index contributed by atoms with van der Waals surface area (Å²) >= 11 is 0. The molecule has 2 aliphatic rings. The lowest BCUT2D eigenvalue weighted by Crippen LogP contribution is -2.51. The highest BCUT2D eigenvalue weighted by Crippen LogP contribution is 2.29. The second kappa shape index (κ2) is 4.84. The van der Waals surface area contributed by atoms with Gasteiger partial charge in [-0.2, -0.15) is 0 Å². The third-order valence-electron chi connectivity index (χ3n) is 3.76. The number of benzene rings is 1. The standard InChI is InChI=1S/C15H20N2O3/c1-15(2)19-9-11(20-15)8-17-13-6-4-3-5-10(13)7-12(16)14(17)18/h3-6,11-12H,7-9,16H2,1-2H3. The minimum atomic E-state index is -0.578. The van der Waals surface area contributed by atoms with Crippen LogP contribution in [0.2, 0.25) is 0 Å². The molecule has 1 fully saturated rings. The summed E-state index contributed by atoms with van der Waals surface area (Å²) in [5, 5.41) is 0. The van der Waals surface area contributed by atoms with Crippen molar-refractivity contribution in [1.82, 2.24) is 0 Å². The monoisotopic (exact) mass is 276 g/mol. The van der Waals surface area contributed by atoms with Gasteiger partial charge in [0, 0.05) is 5.69 Å². The maximum absolute atomic E-state index is 12.3. The highest BCUT2D eigenvalue weighted by atomic mass is 16.7. The number of anilines is 1. The van der Waals surface area contributed by atoms with Gasteiger partial charge in [-0.1, -0.05) is 18.2 Å². The maximum atomic E-state index is 12.3. The predicted molar refractivity (Wildman–Crippen MR) is 75.4 cm³/mol. The molecule has 2 atom stereocenters. The number of nitrogens with zero attached hydrogens (tertiary/aromatic N) is 1. The van der Waals surface area contributed by atoms with Gasteiger partial charge < -0.3 is 20.1 Å². The molecule has 0 spiro atoms. The van der Waals surface area contributed by atoms with Gasteiger partial charge in [-0.25, -0.2) is 0 Å². The number of para-hydroxylation sites is 1. The van der Waals surface area contributed by atoms with Crippen molar-refractivity contribution >= 4 is 11.6 Å². The third kappa shape index (κ3) is 2.44. The summed E-state index contributed by atoms with van der Waals surface area (Å²) < 4.78 is 11.3. The van der Waals surface area contributed by atoms with Gasteiger partial charge in [0.2, 0.25) is 5.91 Å². The molecule has 1 aromatic carbocycles. The number of amides is 1. The number of hydrogen-bond acceptors (Lipinski definition) is 4. The fourth-order valence-electron chi connectivity index (χ4n) is 2.83. The van der Waals surface area contributed by atoms with Gasteiger partial charge in [0.1, 0.15) is 6.10 Å². The van der Waals surface area contributed by atoms with Crippen molar-refractivity contribution in [2.75, 3.05) is 18.1 Å². The van der Waals surface area contributed by atoms with Crippen molar-refractivity contribution in [1.29, 1.82) is 0 Å². The van der Waals surface area contributed by atoms with E-state index < -0.39 is 11.8 Å². The van der Waals surface area contributed by atoms with E-state index in [0.29, 0.717) is 19.6 Å². The minimum absolute atomic E-state index is 0.0444. The van der Waals surface area contributed by atoms with Gasteiger partial charge in [0.15, 0.2) is 5.79 Å². The first kappa shape index (κ1) is 13.5. The summed E-state index contributed by atoms with van der Waals surface area (Å²) in [5.41, 5.74) is 7.99. The fourth-order valence-corrected chi connectivity index (χ4v) is 2.83. The van der Waals surface area contributed by atoms with Crippen LogP contribution in [-0.4, -0.2) is 37.0 Å². The summed E-state index contributed by atoms with van der Waals surface area (Å²) in [6, 6.07) is 7.41. The molecular weight excluding hydrogens is 256 g/mol. The molecule has 0 aromatic heterocycles. The first-order valence-corrected chi connectivity index (χ1v) is 6.93. The van der Waals surface area contributed by atoms with Gasteiger partial charge >= 0.3 is 0 Å². The van der Waals surface area contributed by atoms with E-state index in [0.717, 1.165) is 11.3 Å². The zero-order valence-electron chi connectivity index (χ0n) is 11.8. The predicted octanol–water partition coefficient (Wildman–Crippen LogP) is 1.05. The smallest absolute Gasteiger partial charge is 0.244 e. The van der Waals surface area contributed by atoms with Crippen LogP contribution >= 0.6 is 0 Å². The molecule has 3 rings (SSSR count). The largest absolute Gasteiger partial charge is 0.348 e.